The van der Waals surface area contributed by atoms with Crippen LogP contribution in [0, 0.1) is 5.92 Å². The van der Waals surface area contributed by atoms with E-state index >= 15 is 0 Å². The lowest BCUT2D eigenvalue weighted by atomic mass is 10.1. The summed E-state index contributed by atoms with van der Waals surface area (Å²) in [4.78, 5) is 0. The van der Waals surface area contributed by atoms with Crippen molar-refractivity contribution in [1.82, 2.24) is 5.32 Å². The Hall–Kier alpha value is -0.940. The Balaban J connectivity index is 2.21. The van der Waals surface area contributed by atoms with Crippen LogP contribution in [0.1, 0.15) is 25.0 Å². The Kier molecular flexibility index (Phi) is 8.46. The third-order valence-corrected chi connectivity index (χ3v) is 2.77. The lowest BCUT2D eigenvalue weighted by Gasteiger charge is -2.13. The average Bonchev–Trinajstić information content (AvgIpc) is 2.39. The van der Waals surface area contributed by atoms with Gasteiger partial charge in [0.2, 0.25) is 0 Å². The predicted octanol–water partition coefficient (Wildman–Crippen LogP) is 1.96. The fourth-order valence-electron chi connectivity index (χ4n) is 1.88. The maximum absolute atomic E-state index is 9.77. The molecule has 1 atom stereocenters. The number of ether oxygens (including phenoxy) is 2. The minimum absolute atomic E-state index is 0.384. The molecule has 1 aromatic rings. The summed E-state index contributed by atoms with van der Waals surface area (Å²) in [6, 6.07) is 8.24. The van der Waals surface area contributed by atoms with Crippen LogP contribution in [0.3, 0.4) is 0 Å². The monoisotopic (exact) mass is 281 g/mol. The molecular formula is C16H27NO3. The molecule has 0 aliphatic rings. The van der Waals surface area contributed by atoms with Gasteiger partial charge < -0.3 is 19.9 Å². The molecule has 2 N–H and O–H groups in total. The summed E-state index contributed by atoms with van der Waals surface area (Å²) in [6.07, 6.45) is -0.462. The molecule has 0 saturated carbocycles. The summed E-state index contributed by atoms with van der Waals surface area (Å²) < 4.78 is 10.5. The van der Waals surface area contributed by atoms with E-state index in [0.29, 0.717) is 32.3 Å². The van der Waals surface area contributed by atoms with E-state index in [1.807, 2.05) is 12.1 Å². The van der Waals surface area contributed by atoms with Gasteiger partial charge in [-0.1, -0.05) is 38.1 Å². The molecule has 4 nitrogen and oxygen atoms in total. The number of nitrogens with one attached hydrogen (secondary N) is 1. The van der Waals surface area contributed by atoms with Crippen molar-refractivity contribution in [2.45, 2.75) is 33.1 Å². The standard InChI is InChI=1S/C16H27NO3/c1-13(2)10-20-12-16(18)9-17-8-14-5-4-6-15(7-14)11-19-3/h4-7,13,16-18H,8-12H2,1-3H3. The SMILES string of the molecule is COCc1cccc(CNCC(O)COCC(C)C)c1. The Morgan fingerprint density at radius 2 is 1.95 bits per heavy atom. The summed E-state index contributed by atoms with van der Waals surface area (Å²) in [5, 5.41) is 13.0. The third kappa shape index (κ3) is 7.60. The van der Waals surface area contributed by atoms with Gasteiger partial charge in [0.1, 0.15) is 0 Å². The lowest BCUT2D eigenvalue weighted by Crippen LogP contribution is -2.30. The van der Waals surface area contributed by atoms with E-state index in [1.54, 1.807) is 7.11 Å². The van der Waals surface area contributed by atoms with Crippen LogP contribution in [-0.4, -0.2) is 38.1 Å². The molecule has 0 bridgehead atoms. The molecule has 0 saturated heterocycles. The van der Waals surface area contributed by atoms with Crippen LogP contribution in [0.15, 0.2) is 24.3 Å². The lowest BCUT2D eigenvalue weighted by molar-refractivity contribution is 0.0260. The topological polar surface area (TPSA) is 50.7 Å². The quantitative estimate of drug-likeness (QED) is 0.688. The highest BCUT2D eigenvalue weighted by Gasteiger charge is 2.05. The number of hydrogen-bond acceptors (Lipinski definition) is 4. The van der Waals surface area contributed by atoms with Gasteiger partial charge in [0.25, 0.3) is 0 Å². The maximum atomic E-state index is 9.77. The van der Waals surface area contributed by atoms with Gasteiger partial charge in [-0.3, -0.25) is 0 Å². The van der Waals surface area contributed by atoms with Crippen LogP contribution in [0.25, 0.3) is 0 Å². The van der Waals surface area contributed by atoms with Crippen molar-refractivity contribution in [2.75, 3.05) is 26.9 Å². The molecule has 1 rings (SSSR count). The predicted molar refractivity (Wildman–Crippen MR) is 80.5 cm³/mol. The van der Waals surface area contributed by atoms with Gasteiger partial charge in [-0.15, -0.1) is 0 Å². The highest BCUT2D eigenvalue weighted by molar-refractivity contribution is 5.22. The molecular weight excluding hydrogens is 254 g/mol. The second-order valence-corrected chi connectivity index (χ2v) is 5.47. The summed E-state index contributed by atoms with van der Waals surface area (Å²) in [5.74, 6) is 0.499. The number of hydrogen-bond donors (Lipinski definition) is 2. The summed E-state index contributed by atoms with van der Waals surface area (Å²) in [7, 11) is 1.69. The first-order chi connectivity index (χ1) is 9.61. The number of aliphatic hydroxyl groups excluding tert-OH is 1. The number of methoxy groups -OCH3 is 1. The van der Waals surface area contributed by atoms with E-state index in [-0.39, 0.29) is 0 Å². The van der Waals surface area contributed by atoms with Crippen LogP contribution in [0.5, 0.6) is 0 Å². The Bertz CT molecular complexity index is 368. The molecule has 4 heteroatoms. The van der Waals surface area contributed by atoms with Crippen LogP contribution in [0.4, 0.5) is 0 Å². The van der Waals surface area contributed by atoms with Gasteiger partial charge in [-0.2, -0.15) is 0 Å². The van der Waals surface area contributed by atoms with Gasteiger partial charge in [0.05, 0.1) is 19.3 Å². The molecule has 0 radical (unpaired) electrons. The zero-order valence-electron chi connectivity index (χ0n) is 12.8. The van der Waals surface area contributed by atoms with E-state index < -0.39 is 6.10 Å². The fraction of sp³-hybridized carbons (Fsp3) is 0.625. The van der Waals surface area contributed by atoms with Gasteiger partial charge in [0.15, 0.2) is 0 Å². The molecule has 0 heterocycles. The highest BCUT2D eigenvalue weighted by atomic mass is 16.5. The second kappa shape index (κ2) is 9.88. The zero-order chi connectivity index (χ0) is 14.8. The Morgan fingerprint density at radius 1 is 1.20 bits per heavy atom. The number of rotatable bonds is 10. The zero-order valence-corrected chi connectivity index (χ0v) is 12.8. The van der Waals surface area contributed by atoms with E-state index in [9.17, 15) is 5.11 Å². The third-order valence-electron chi connectivity index (χ3n) is 2.77. The number of aliphatic hydroxyl groups is 1. The minimum atomic E-state index is -0.462. The first-order valence-corrected chi connectivity index (χ1v) is 7.15. The molecule has 0 fully saturated rings. The molecule has 1 unspecified atom stereocenters. The smallest absolute Gasteiger partial charge is 0.0897 e. The maximum Gasteiger partial charge on any atom is 0.0897 e. The first kappa shape index (κ1) is 17.1. The molecule has 114 valence electrons. The molecule has 0 aliphatic carbocycles. The van der Waals surface area contributed by atoms with Crippen LogP contribution in [-0.2, 0) is 22.6 Å². The van der Waals surface area contributed by atoms with Gasteiger partial charge >= 0.3 is 0 Å². The number of benzene rings is 1. The van der Waals surface area contributed by atoms with E-state index in [1.165, 1.54) is 5.56 Å². The van der Waals surface area contributed by atoms with Crippen LogP contribution >= 0.6 is 0 Å². The summed E-state index contributed by atoms with van der Waals surface area (Å²) in [5.41, 5.74) is 2.35. The largest absolute Gasteiger partial charge is 0.389 e. The Morgan fingerprint density at radius 3 is 2.65 bits per heavy atom. The second-order valence-electron chi connectivity index (χ2n) is 5.47. The normalized spacial score (nSPS) is 12.8. The molecule has 20 heavy (non-hydrogen) atoms. The van der Waals surface area contributed by atoms with Crippen molar-refractivity contribution < 1.29 is 14.6 Å². The molecule has 0 amide bonds. The van der Waals surface area contributed by atoms with Crippen LogP contribution < -0.4 is 5.32 Å². The van der Waals surface area contributed by atoms with Crippen molar-refractivity contribution in [3.63, 3.8) is 0 Å². The minimum Gasteiger partial charge on any atom is -0.389 e. The molecule has 0 spiro atoms. The molecule has 0 aromatic heterocycles. The summed E-state index contributed by atoms with van der Waals surface area (Å²) in [6.45, 7) is 7.16. The molecule has 1 aromatic carbocycles. The molecule has 0 aliphatic heterocycles. The average molecular weight is 281 g/mol. The van der Waals surface area contributed by atoms with Gasteiger partial charge in [0, 0.05) is 26.8 Å². The van der Waals surface area contributed by atoms with Gasteiger partial charge in [-0.05, 0) is 17.0 Å². The van der Waals surface area contributed by atoms with E-state index in [4.69, 9.17) is 9.47 Å². The van der Waals surface area contributed by atoms with Gasteiger partial charge in [-0.25, -0.2) is 0 Å². The van der Waals surface area contributed by atoms with Crippen molar-refractivity contribution in [3.05, 3.63) is 35.4 Å². The van der Waals surface area contributed by atoms with Crippen molar-refractivity contribution in [1.29, 1.82) is 0 Å². The first-order valence-electron chi connectivity index (χ1n) is 7.15. The van der Waals surface area contributed by atoms with Crippen molar-refractivity contribution >= 4 is 0 Å². The van der Waals surface area contributed by atoms with E-state index in [2.05, 4.69) is 31.3 Å². The van der Waals surface area contributed by atoms with Crippen molar-refractivity contribution in [2.24, 2.45) is 5.92 Å². The summed E-state index contributed by atoms with van der Waals surface area (Å²) >= 11 is 0. The van der Waals surface area contributed by atoms with Crippen LogP contribution in [0.2, 0.25) is 0 Å². The highest BCUT2D eigenvalue weighted by Crippen LogP contribution is 2.06. The van der Waals surface area contributed by atoms with E-state index in [0.717, 1.165) is 12.1 Å². The fourth-order valence-corrected chi connectivity index (χ4v) is 1.88. The Labute approximate surface area is 122 Å². The van der Waals surface area contributed by atoms with Crippen molar-refractivity contribution in [3.8, 4) is 0 Å².